The molecule has 0 saturated carbocycles. The van der Waals surface area contributed by atoms with Gasteiger partial charge in [-0.2, -0.15) is 5.06 Å². The van der Waals surface area contributed by atoms with E-state index in [9.17, 15) is 0 Å². The molecule has 2 nitrogen and oxygen atoms in total. The minimum absolute atomic E-state index is 0.113. The van der Waals surface area contributed by atoms with Crippen LogP contribution in [0.5, 0.6) is 0 Å². The predicted molar refractivity (Wildman–Crippen MR) is 33.2 cm³/mol. The second-order valence-electron chi connectivity index (χ2n) is 1.46. The number of alkyl halides is 1. The van der Waals surface area contributed by atoms with Gasteiger partial charge in [0.15, 0.2) is 0 Å². The molecule has 1 unspecified atom stereocenters. The Morgan fingerprint density at radius 2 is 2.00 bits per heavy atom. The summed E-state index contributed by atoms with van der Waals surface area (Å²) in [4.78, 5) is 5.00. The van der Waals surface area contributed by atoms with Crippen LogP contribution in [0.15, 0.2) is 0 Å². The highest BCUT2D eigenvalue weighted by Crippen LogP contribution is 1.98. The van der Waals surface area contributed by atoms with Crippen molar-refractivity contribution < 1.29 is 4.84 Å². The highest BCUT2D eigenvalue weighted by atomic mass is 79.9. The van der Waals surface area contributed by atoms with E-state index in [2.05, 4.69) is 15.9 Å². The minimum Gasteiger partial charge on any atom is -0.285 e. The second kappa shape index (κ2) is 3.41. The molecule has 44 valence electrons. The quantitative estimate of drug-likeness (QED) is 0.454. The minimum atomic E-state index is 0.113. The lowest BCUT2D eigenvalue weighted by Gasteiger charge is -2.11. The molecular weight excluding hydrogens is 158 g/mol. The van der Waals surface area contributed by atoms with Crippen LogP contribution in [0.1, 0.15) is 6.92 Å². The topological polar surface area (TPSA) is 12.5 Å². The van der Waals surface area contributed by atoms with Crippen molar-refractivity contribution in [3.8, 4) is 0 Å². The van der Waals surface area contributed by atoms with Gasteiger partial charge in [-0.25, -0.2) is 0 Å². The molecule has 0 fully saturated rings. The zero-order chi connectivity index (χ0) is 5.86. The summed E-state index contributed by atoms with van der Waals surface area (Å²) in [6, 6.07) is 0. The van der Waals surface area contributed by atoms with Crippen LogP contribution in [0.3, 0.4) is 0 Å². The summed E-state index contributed by atoms with van der Waals surface area (Å²) in [5.41, 5.74) is 0. The largest absolute Gasteiger partial charge is 0.285 e. The summed E-state index contributed by atoms with van der Waals surface area (Å²) >= 11 is 3.21. The maximum absolute atomic E-state index is 5.00. The number of rotatable bonds is 2. The molecule has 0 heterocycles. The number of hydroxylamine groups is 2. The van der Waals surface area contributed by atoms with Crippen LogP contribution in [-0.2, 0) is 4.84 Å². The molecule has 0 aliphatic heterocycles. The number of nitrogens with zero attached hydrogens (tertiary/aromatic N) is 1. The van der Waals surface area contributed by atoms with Crippen molar-refractivity contribution in [3.05, 3.63) is 0 Å². The van der Waals surface area contributed by atoms with Gasteiger partial charge in [0, 0.05) is 14.1 Å². The van der Waals surface area contributed by atoms with Crippen molar-refractivity contribution >= 4 is 15.9 Å². The molecule has 0 spiro atoms. The van der Waals surface area contributed by atoms with Crippen molar-refractivity contribution in [2.45, 2.75) is 11.9 Å². The van der Waals surface area contributed by atoms with Crippen molar-refractivity contribution in [3.63, 3.8) is 0 Å². The van der Waals surface area contributed by atoms with Crippen LogP contribution in [0.2, 0.25) is 0 Å². The number of hydrogen-bond acceptors (Lipinski definition) is 2. The Morgan fingerprint density at radius 1 is 1.57 bits per heavy atom. The van der Waals surface area contributed by atoms with E-state index in [4.69, 9.17) is 4.84 Å². The third kappa shape index (κ3) is 6.40. The average Bonchev–Trinajstić information content (AvgIpc) is 1.27. The van der Waals surface area contributed by atoms with Gasteiger partial charge in [0.05, 0.1) is 0 Å². The molecule has 0 radical (unpaired) electrons. The third-order valence-corrected chi connectivity index (χ3v) is 0.523. The molecule has 0 amide bonds. The molecule has 0 aromatic carbocycles. The first-order valence-corrected chi connectivity index (χ1v) is 3.02. The molecule has 0 aliphatic carbocycles. The summed E-state index contributed by atoms with van der Waals surface area (Å²) in [5, 5.41) is 1.77. The molecule has 0 bridgehead atoms. The van der Waals surface area contributed by atoms with Crippen LogP contribution in [-0.4, -0.2) is 24.2 Å². The van der Waals surface area contributed by atoms with E-state index in [1.54, 1.807) is 5.06 Å². The Balaban J connectivity index is 2.95. The van der Waals surface area contributed by atoms with Crippen molar-refractivity contribution in [2.75, 3.05) is 14.1 Å². The molecule has 0 saturated heterocycles. The van der Waals surface area contributed by atoms with Crippen molar-refractivity contribution in [1.82, 2.24) is 5.06 Å². The van der Waals surface area contributed by atoms with Crippen LogP contribution in [0.25, 0.3) is 0 Å². The molecule has 0 N–H and O–H groups in total. The Bertz CT molecular complexity index is 41.0. The third-order valence-electron chi connectivity index (χ3n) is 0.356. The molecule has 0 rings (SSSR count). The Hall–Kier alpha value is 0.400. The predicted octanol–water partition coefficient (Wildman–Crippen LogP) is 1.22. The normalized spacial score (nSPS) is 15.0. The van der Waals surface area contributed by atoms with E-state index in [0.717, 1.165) is 0 Å². The van der Waals surface area contributed by atoms with Crippen molar-refractivity contribution in [2.24, 2.45) is 0 Å². The standard InChI is InChI=1S/C4H10BrNO/c1-4(5)7-6(2)3/h4H,1-3H3. The molecule has 3 heteroatoms. The fourth-order valence-electron chi connectivity index (χ4n) is 0.291. The van der Waals surface area contributed by atoms with E-state index >= 15 is 0 Å². The summed E-state index contributed by atoms with van der Waals surface area (Å²) in [5.74, 6) is 0. The van der Waals surface area contributed by atoms with Gasteiger partial charge < -0.3 is 0 Å². The van der Waals surface area contributed by atoms with E-state index < -0.39 is 0 Å². The highest BCUT2D eigenvalue weighted by Gasteiger charge is 1.93. The monoisotopic (exact) mass is 167 g/mol. The van der Waals surface area contributed by atoms with E-state index in [1.807, 2.05) is 21.0 Å². The van der Waals surface area contributed by atoms with Gasteiger partial charge in [-0.1, -0.05) is 15.9 Å². The Kier molecular flexibility index (Phi) is 3.60. The summed E-state index contributed by atoms with van der Waals surface area (Å²) in [6.07, 6.45) is 0. The van der Waals surface area contributed by atoms with E-state index in [0.29, 0.717) is 0 Å². The SMILES string of the molecule is CC(Br)ON(C)C. The maximum atomic E-state index is 5.00. The molecule has 1 atom stereocenters. The van der Waals surface area contributed by atoms with Crippen LogP contribution < -0.4 is 0 Å². The van der Waals surface area contributed by atoms with Gasteiger partial charge in [-0.05, 0) is 6.92 Å². The van der Waals surface area contributed by atoms with Crippen LogP contribution in [0, 0.1) is 0 Å². The molecule has 0 aromatic heterocycles. The second-order valence-corrected chi connectivity index (χ2v) is 2.75. The Morgan fingerprint density at radius 3 is 2.00 bits per heavy atom. The summed E-state index contributed by atoms with van der Waals surface area (Å²) in [7, 11) is 3.69. The highest BCUT2D eigenvalue weighted by molar-refractivity contribution is 9.09. The first-order chi connectivity index (χ1) is 3.13. The number of hydrogen-bond donors (Lipinski definition) is 0. The molecule has 7 heavy (non-hydrogen) atoms. The van der Waals surface area contributed by atoms with Crippen LogP contribution >= 0.6 is 15.9 Å². The zero-order valence-electron chi connectivity index (χ0n) is 4.81. The van der Waals surface area contributed by atoms with Gasteiger partial charge in [0.1, 0.15) is 5.01 Å². The van der Waals surface area contributed by atoms with Gasteiger partial charge in [-0.15, -0.1) is 0 Å². The van der Waals surface area contributed by atoms with Crippen LogP contribution in [0.4, 0.5) is 0 Å². The van der Waals surface area contributed by atoms with E-state index in [1.165, 1.54) is 0 Å². The van der Waals surface area contributed by atoms with Gasteiger partial charge in [-0.3, -0.25) is 4.84 Å². The molecule has 0 aromatic rings. The van der Waals surface area contributed by atoms with Gasteiger partial charge in [0.2, 0.25) is 0 Å². The molecule has 0 aliphatic rings. The zero-order valence-corrected chi connectivity index (χ0v) is 6.40. The average molecular weight is 168 g/mol. The van der Waals surface area contributed by atoms with Gasteiger partial charge >= 0.3 is 0 Å². The maximum Gasteiger partial charge on any atom is 0.131 e. The van der Waals surface area contributed by atoms with Crippen molar-refractivity contribution in [1.29, 1.82) is 0 Å². The number of halogens is 1. The lowest BCUT2D eigenvalue weighted by atomic mass is 10.9. The summed E-state index contributed by atoms with van der Waals surface area (Å²) in [6.45, 7) is 1.92. The van der Waals surface area contributed by atoms with E-state index in [-0.39, 0.29) is 5.01 Å². The lowest BCUT2D eigenvalue weighted by molar-refractivity contribution is -0.125. The fraction of sp³-hybridized carbons (Fsp3) is 1.00. The fourth-order valence-corrected chi connectivity index (χ4v) is 0.625. The smallest absolute Gasteiger partial charge is 0.131 e. The summed E-state index contributed by atoms with van der Waals surface area (Å²) < 4.78 is 0. The first kappa shape index (κ1) is 7.40. The Labute approximate surface area is 52.5 Å². The first-order valence-electron chi connectivity index (χ1n) is 2.11. The lowest BCUT2D eigenvalue weighted by Crippen LogP contribution is -2.15. The molecular formula is C4H10BrNO. The van der Waals surface area contributed by atoms with Gasteiger partial charge in [0.25, 0.3) is 0 Å².